The van der Waals surface area contributed by atoms with E-state index >= 15 is 0 Å². The van der Waals surface area contributed by atoms with Gasteiger partial charge in [0.2, 0.25) is 0 Å². The highest BCUT2D eigenvalue weighted by molar-refractivity contribution is 8.14. The molecule has 0 amide bonds. The van der Waals surface area contributed by atoms with Crippen molar-refractivity contribution in [2.75, 3.05) is 23.7 Å². The topological polar surface area (TPSA) is 35.7 Å². The summed E-state index contributed by atoms with van der Waals surface area (Å²) in [5, 5.41) is 12.9. The number of aliphatic hydroxyl groups is 1. The summed E-state index contributed by atoms with van der Waals surface area (Å²) in [6.45, 7) is 2.53. The molecule has 148 valence electrons. The quantitative estimate of drug-likeness (QED) is 0.778. The van der Waals surface area contributed by atoms with Crippen LogP contribution in [0.5, 0.6) is 5.75 Å². The van der Waals surface area contributed by atoms with Gasteiger partial charge in [0.05, 0.1) is 6.54 Å². The Bertz CT molecular complexity index is 917. The molecule has 0 bridgehead atoms. The van der Waals surface area contributed by atoms with Crippen molar-refractivity contribution in [3.05, 3.63) is 59.2 Å². The summed E-state index contributed by atoms with van der Waals surface area (Å²) in [5.74, 6) is 1.09. The molecular weight excluding hydrogens is 382 g/mol. The Morgan fingerprint density at radius 3 is 2.61 bits per heavy atom. The first-order chi connectivity index (χ1) is 13.4. The lowest BCUT2D eigenvalue weighted by molar-refractivity contribution is -0.532. The average molecular weight is 405 g/mol. The standard InChI is InChI=1S/C21H23F2N2O2S/c1-14-4-9-18(15(2)12-14)25-20-24(10-3-11-28-20)13-21(25,26)16-5-7-17(8-6-16)27-19(22)23/h4-9,12,19,26H,3,10-11,13H2,1-2H3/q+1/t21-/m0/s1. The normalized spacial score (nSPS) is 22.0. The number of aryl methyl sites for hydroxylation is 2. The lowest BCUT2D eigenvalue weighted by Gasteiger charge is -2.29. The lowest BCUT2D eigenvalue weighted by atomic mass is 9.99. The van der Waals surface area contributed by atoms with Crippen LogP contribution >= 0.6 is 11.8 Å². The Morgan fingerprint density at radius 2 is 1.93 bits per heavy atom. The maximum atomic E-state index is 12.5. The molecule has 7 heteroatoms. The van der Waals surface area contributed by atoms with Crippen LogP contribution in [-0.2, 0) is 5.72 Å². The van der Waals surface area contributed by atoms with Gasteiger partial charge in [-0.25, -0.2) is 4.58 Å². The Hall–Kier alpha value is -2.12. The summed E-state index contributed by atoms with van der Waals surface area (Å²) in [4.78, 5) is 1.99. The number of ether oxygens (including phenoxy) is 1. The predicted molar refractivity (Wildman–Crippen MR) is 107 cm³/mol. The lowest BCUT2D eigenvalue weighted by Crippen LogP contribution is -2.47. The van der Waals surface area contributed by atoms with E-state index in [-0.39, 0.29) is 5.75 Å². The molecule has 2 aromatic rings. The summed E-state index contributed by atoms with van der Waals surface area (Å²) >= 11 is 1.74. The molecule has 0 aromatic heterocycles. The van der Waals surface area contributed by atoms with Crippen LogP contribution in [0.25, 0.3) is 0 Å². The SMILES string of the molecule is Cc1ccc(N2C3=[N+](CCCS3)C[C@]2(O)c2ccc(OC(F)F)cc2)c(C)c1. The minimum Gasteiger partial charge on any atom is -0.435 e. The van der Waals surface area contributed by atoms with Gasteiger partial charge in [-0.05, 0) is 67.9 Å². The molecule has 28 heavy (non-hydrogen) atoms. The fourth-order valence-electron chi connectivity index (χ4n) is 3.94. The molecule has 2 aliphatic heterocycles. The van der Waals surface area contributed by atoms with Crippen LogP contribution in [0, 0.1) is 13.8 Å². The molecule has 2 aromatic carbocycles. The first-order valence-electron chi connectivity index (χ1n) is 9.28. The maximum Gasteiger partial charge on any atom is 0.387 e. The van der Waals surface area contributed by atoms with Gasteiger partial charge in [0, 0.05) is 11.3 Å². The van der Waals surface area contributed by atoms with Crippen molar-refractivity contribution in [1.82, 2.24) is 0 Å². The van der Waals surface area contributed by atoms with Gasteiger partial charge in [-0.3, -0.25) is 0 Å². The largest absolute Gasteiger partial charge is 0.435 e. The second kappa shape index (κ2) is 7.37. The summed E-state index contributed by atoms with van der Waals surface area (Å²) in [7, 11) is 0. The minimum atomic E-state index is -2.87. The highest BCUT2D eigenvalue weighted by Gasteiger charge is 2.55. The fourth-order valence-corrected chi connectivity index (χ4v) is 5.11. The van der Waals surface area contributed by atoms with Gasteiger partial charge >= 0.3 is 11.8 Å². The molecule has 0 spiro atoms. The number of anilines is 1. The van der Waals surface area contributed by atoms with Crippen LogP contribution in [0.4, 0.5) is 14.5 Å². The number of hydrogen-bond donors (Lipinski definition) is 1. The zero-order valence-electron chi connectivity index (χ0n) is 15.9. The van der Waals surface area contributed by atoms with Crippen LogP contribution in [-0.4, -0.2) is 40.3 Å². The third-order valence-corrected chi connectivity index (χ3v) is 6.37. The van der Waals surface area contributed by atoms with Crippen molar-refractivity contribution >= 4 is 22.6 Å². The predicted octanol–water partition coefficient (Wildman–Crippen LogP) is 4.08. The highest BCUT2D eigenvalue weighted by Crippen LogP contribution is 2.41. The van der Waals surface area contributed by atoms with Crippen LogP contribution in [0.1, 0.15) is 23.1 Å². The minimum absolute atomic E-state index is 0.0816. The van der Waals surface area contributed by atoms with Crippen LogP contribution < -0.4 is 9.64 Å². The van der Waals surface area contributed by atoms with Crippen molar-refractivity contribution in [2.24, 2.45) is 0 Å². The van der Waals surface area contributed by atoms with Crippen molar-refractivity contribution in [1.29, 1.82) is 0 Å². The number of hydrogen-bond acceptors (Lipinski definition) is 4. The van der Waals surface area contributed by atoms with Crippen molar-refractivity contribution in [2.45, 2.75) is 32.6 Å². The molecule has 0 fully saturated rings. The molecular formula is C21H23F2N2O2S+. The highest BCUT2D eigenvalue weighted by atomic mass is 32.2. The molecule has 0 aliphatic carbocycles. The van der Waals surface area contributed by atoms with Gasteiger partial charge in [0.15, 0.2) is 6.54 Å². The molecule has 0 saturated carbocycles. The van der Waals surface area contributed by atoms with E-state index < -0.39 is 12.3 Å². The van der Waals surface area contributed by atoms with Crippen LogP contribution in [0.3, 0.4) is 0 Å². The van der Waals surface area contributed by atoms with E-state index in [0.717, 1.165) is 40.7 Å². The van der Waals surface area contributed by atoms with E-state index in [9.17, 15) is 13.9 Å². The number of thioether (sulfide) groups is 1. The number of nitrogens with zero attached hydrogens (tertiary/aromatic N) is 2. The first kappa shape index (κ1) is 19.2. The zero-order valence-corrected chi connectivity index (χ0v) is 16.7. The first-order valence-corrected chi connectivity index (χ1v) is 10.3. The van der Waals surface area contributed by atoms with E-state index in [1.807, 2.05) is 30.9 Å². The summed E-state index contributed by atoms with van der Waals surface area (Å²) in [6.07, 6.45) is 1.06. The van der Waals surface area contributed by atoms with Gasteiger partial charge in [0.1, 0.15) is 11.4 Å². The molecule has 4 rings (SSSR count). The number of halogens is 2. The van der Waals surface area contributed by atoms with E-state index in [2.05, 4.69) is 15.4 Å². The molecule has 1 N–H and O–H groups in total. The smallest absolute Gasteiger partial charge is 0.387 e. The molecule has 2 aliphatic rings. The second-order valence-corrected chi connectivity index (χ2v) is 8.31. The van der Waals surface area contributed by atoms with Gasteiger partial charge in [-0.2, -0.15) is 13.7 Å². The van der Waals surface area contributed by atoms with E-state index in [1.165, 1.54) is 12.1 Å². The molecule has 0 saturated heterocycles. The van der Waals surface area contributed by atoms with Gasteiger partial charge in [0.25, 0.3) is 5.72 Å². The van der Waals surface area contributed by atoms with E-state index in [0.29, 0.717) is 12.1 Å². The van der Waals surface area contributed by atoms with Crippen LogP contribution in [0.15, 0.2) is 42.5 Å². The Balaban J connectivity index is 1.78. The molecule has 0 unspecified atom stereocenters. The third kappa shape index (κ3) is 3.37. The second-order valence-electron chi connectivity index (χ2n) is 7.25. The third-order valence-electron chi connectivity index (χ3n) is 5.18. The fraction of sp³-hybridized carbons (Fsp3) is 0.381. The van der Waals surface area contributed by atoms with Crippen molar-refractivity contribution in [3.8, 4) is 5.75 Å². The molecule has 0 radical (unpaired) electrons. The van der Waals surface area contributed by atoms with Gasteiger partial charge in [-0.1, -0.05) is 17.7 Å². The monoisotopic (exact) mass is 405 g/mol. The Kier molecular flexibility index (Phi) is 5.05. The number of alkyl halides is 2. The maximum absolute atomic E-state index is 12.5. The van der Waals surface area contributed by atoms with Crippen LogP contribution in [0.2, 0.25) is 0 Å². The summed E-state index contributed by atoms with van der Waals surface area (Å²) in [5.41, 5.74) is 2.56. The van der Waals surface area contributed by atoms with E-state index in [4.69, 9.17) is 0 Å². The molecule has 1 atom stereocenters. The van der Waals surface area contributed by atoms with Crippen molar-refractivity contribution in [3.63, 3.8) is 0 Å². The molecule has 2 heterocycles. The molecule has 4 nitrogen and oxygen atoms in total. The summed E-state index contributed by atoms with van der Waals surface area (Å²) < 4.78 is 31.6. The summed E-state index contributed by atoms with van der Waals surface area (Å²) in [6, 6.07) is 12.5. The van der Waals surface area contributed by atoms with Gasteiger partial charge < -0.3 is 9.84 Å². The zero-order chi connectivity index (χ0) is 19.9. The average Bonchev–Trinajstić information content (AvgIpc) is 2.95. The van der Waals surface area contributed by atoms with Gasteiger partial charge in [-0.15, -0.1) is 0 Å². The Labute approximate surface area is 167 Å². The number of rotatable bonds is 4. The number of benzene rings is 2. The van der Waals surface area contributed by atoms with Crippen molar-refractivity contribution < 1.29 is 23.2 Å². The van der Waals surface area contributed by atoms with E-state index in [1.54, 1.807) is 23.9 Å². The number of amidine groups is 1. The Morgan fingerprint density at radius 1 is 1.18 bits per heavy atom.